The molecule has 0 saturated heterocycles. The summed E-state index contributed by atoms with van der Waals surface area (Å²) >= 11 is 7.44. The van der Waals surface area contributed by atoms with Crippen molar-refractivity contribution in [2.24, 2.45) is 0 Å². The number of nitrogens with one attached hydrogen (secondary N) is 1. The second-order valence-electron chi connectivity index (χ2n) is 4.12. The molecule has 1 amide bonds. The lowest BCUT2D eigenvalue weighted by Crippen LogP contribution is -2.21. The first-order valence-electron chi connectivity index (χ1n) is 5.74. The van der Waals surface area contributed by atoms with Crippen molar-refractivity contribution in [1.82, 2.24) is 9.97 Å². The van der Waals surface area contributed by atoms with Gasteiger partial charge >= 0.3 is 0 Å². The smallest absolute Gasteiger partial charge is 0.234 e. The number of hydrogen-bond acceptors (Lipinski definition) is 4. The van der Waals surface area contributed by atoms with E-state index in [0.29, 0.717) is 5.82 Å². The topological polar surface area (TPSA) is 54.9 Å². The predicted octanol–water partition coefficient (Wildman–Crippen LogP) is 2.96. The predicted molar refractivity (Wildman–Crippen MR) is 75.6 cm³/mol. The van der Waals surface area contributed by atoms with Gasteiger partial charge in [0, 0.05) is 10.6 Å². The lowest BCUT2D eigenvalue weighted by molar-refractivity contribution is -0.117. The number of nitrogens with zero attached hydrogens (tertiary/aromatic N) is 2. The molecule has 96 valence electrons. The second kappa shape index (κ2) is 5.19. The molecule has 1 N–H and O–H groups in total. The second-order valence-corrected chi connectivity index (χ2v) is 5.57. The van der Waals surface area contributed by atoms with Crippen molar-refractivity contribution in [3.05, 3.63) is 47.4 Å². The van der Waals surface area contributed by atoms with Crippen molar-refractivity contribution in [2.45, 2.75) is 10.8 Å². The van der Waals surface area contributed by atoms with Crippen LogP contribution in [0.25, 0.3) is 0 Å². The summed E-state index contributed by atoms with van der Waals surface area (Å²) in [5.74, 6) is 0.905. The van der Waals surface area contributed by atoms with Gasteiger partial charge in [0.1, 0.15) is 5.15 Å². The lowest BCUT2D eigenvalue weighted by Gasteiger charge is -2.10. The van der Waals surface area contributed by atoms with Crippen LogP contribution < -0.4 is 5.32 Å². The van der Waals surface area contributed by atoms with Crippen molar-refractivity contribution >= 4 is 35.1 Å². The SMILES string of the molecule is O=C(Nc1cncc(Cl)n1)C1CSc2ccccc21. The van der Waals surface area contributed by atoms with E-state index in [1.165, 1.54) is 17.3 Å². The number of halogens is 1. The van der Waals surface area contributed by atoms with E-state index in [2.05, 4.69) is 15.3 Å². The highest BCUT2D eigenvalue weighted by molar-refractivity contribution is 7.99. The maximum atomic E-state index is 12.3. The molecule has 0 radical (unpaired) electrons. The van der Waals surface area contributed by atoms with E-state index in [0.717, 1.165) is 11.3 Å². The summed E-state index contributed by atoms with van der Waals surface area (Å²) in [6.45, 7) is 0. The van der Waals surface area contributed by atoms with Gasteiger partial charge in [-0.2, -0.15) is 0 Å². The number of carbonyl (C=O) groups is 1. The molecule has 1 unspecified atom stereocenters. The van der Waals surface area contributed by atoms with E-state index in [9.17, 15) is 4.79 Å². The Morgan fingerprint density at radius 3 is 3.05 bits per heavy atom. The third kappa shape index (κ3) is 2.57. The minimum absolute atomic E-state index is 0.0750. The van der Waals surface area contributed by atoms with Gasteiger partial charge in [0.25, 0.3) is 0 Å². The maximum Gasteiger partial charge on any atom is 0.234 e. The summed E-state index contributed by atoms with van der Waals surface area (Å²) in [4.78, 5) is 21.3. The van der Waals surface area contributed by atoms with Crippen LogP contribution in [0.1, 0.15) is 11.5 Å². The number of thioether (sulfide) groups is 1. The third-order valence-electron chi connectivity index (χ3n) is 2.87. The van der Waals surface area contributed by atoms with Gasteiger partial charge in [0.15, 0.2) is 5.82 Å². The van der Waals surface area contributed by atoms with E-state index >= 15 is 0 Å². The number of aromatic nitrogens is 2. The van der Waals surface area contributed by atoms with Crippen LogP contribution in [0.5, 0.6) is 0 Å². The zero-order valence-electron chi connectivity index (χ0n) is 9.84. The molecule has 0 spiro atoms. The summed E-state index contributed by atoms with van der Waals surface area (Å²) in [7, 11) is 0. The molecule has 2 heterocycles. The van der Waals surface area contributed by atoms with E-state index in [-0.39, 0.29) is 17.0 Å². The van der Waals surface area contributed by atoms with Crippen LogP contribution in [0.2, 0.25) is 5.15 Å². The Morgan fingerprint density at radius 2 is 2.21 bits per heavy atom. The minimum Gasteiger partial charge on any atom is -0.309 e. The monoisotopic (exact) mass is 291 g/mol. The molecule has 1 atom stereocenters. The van der Waals surface area contributed by atoms with Crippen molar-refractivity contribution in [2.75, 3.05) is 11.1 Å². The van der Waals surface area contributed by atoms with Gasteiger partial charge in [0.05, 0.1) is 18.3 Å². The van der Waals surface area contributed by atoms with Crippen LogP contribution in [0.3, 0.4) is 0 Å². The molecule has 19 heavy (non-hydrogen) atoms. The Labute approximate surface area is 119 Å². The van der Waals surface area contributed by atoms with Gasteiger partial charge in [-0.25, -0.2) is 4.98 Å². The number of benzene rings is 1. The first kappa shape index (κ1) is 12.4. The molecule has 1 aliphatic heterocycles. The maximum absolute atomic E-state index is 12.3. The average Bonchev–Trinajstić information content (AvgIpc) is 2.82. The van der Waals surface area contributed by atoms with Crippen LogP contribution >= 0.6 is 23.4 Å². The molecule has 1 aromatic heterocycles. The van der Waals surface area contributed by atoms with Crippen LogP contribution in [0.15, 0.2) is 41.6 Å². The Kier molecular flexibility index (Phi) is 3.40. The Bertz CT molecular complexity index is 635. The minimum atomic E-state index is -0.151. The van der Waals surface area contributed by atoms with Gasteiger partial charge in [0.2, 0.25) is 5.91 Å². The average molecular weight is 292 g/mol. The number of hydrogen-bond donors (Lipinski definition) is 1. The van der Waals surface area contributed by atoms with E-state index in [1.807, 2.05) is 24.3 Å². The van der Waals surface area contributed by atoms with E-state index in [1.54, 1.807) is 11.8 Å². The molecule has 3 rings (SSSR count). The van der Waals surface area contributed by atoms with Gasteiger partial charge < -0.3 is 5.32 Å². The fourth-order valence-corrected chi connectivity index (χ4v) is 3.37. The molecule has 2 aromatic rings. The van der Waals surface area contributed by atoms with Crippen LogP contribution in [0.4, 0.5) is 5.82 Å². The first-order valence-corrected chi connectivity index (χ1v) is 7.10. The van der Waals surface area contributed by atoms with Gasteiger partial charge in [-0.1, -0.05) is 29.8 Å². The zero-order valence-corrected chi connectivity index (χ0v) is 11.4. The number of amides is 1. The molecule has 4 nitrogen and oxygen atoms in total. The van der Waals surface area contributed by atoms with Crippen molar-refractivity contribution in [3.63, 3.8) is 0 Å². The van der Waals surface area contributed by atoms with Gasteiger partial charge in [-0.3, -0.25) is 9.78 Å². The summed E-state index contributed by atoms with van der Waals surface area (Å²) in [5.41, 5.74) is 1.07. The summed E-state index contributed by atoms with van der Waals surface area (Å²) < 4.78 is 0. The largest absolute Gasteiger partial charge is 0.309 e. The molecular weight excluding hydrogens is 282 g/mol. The standard InChI is InChI=1S/C13H10ClN3OS/c14-11-5-15-6-12(16-11)17-13(18)9-7-19-10-4-2-1-3-8(9)10/h1-6,9H,7H2,(H,16,17,18). The summed E-state index contributed by atoms with van der Waals surface area (Å²) in [6, 6.07) is 7.95. The summed E-state index contributed by atoms with van der Waals surface area (Å²) in [5, 5.41) is 3.02. The normalized spacial score (nSPS) is 17.0. The Balaban J connectivity index is 1.79. The molecule has 0 fully saturated rings. The molecule has 0 bridgehead atoms. The van der Waals surface area contributed by atoms with Gasteiger partial charge in [-0.05, 0) is 11.6 Å². The number of carbonyl (C=O) groups excluding carboxylic acids is 1. The number of rotatable bonds is 2. The quantitative estimate of drug-likeness (QED) is 0.924. The highest BCUT2D eigenvalue weighted by Gasteiger charge is 2.29. The Morgan fingerprint density at radius 1 is 1.37 bits per heavy atom. The first-order chi connectivity index (χ1) is 9.24. The van der Waals surface area contributed by atoms with E-state index < -0.39 is 0 Å². The molecule has 0 saturated carbocycles. The van der Waals surface area contributed by atoms with Crippen molar-refractivity contribution in [3.8, 4) is 0 Å². The molecule has 1 aromatic carbocycles. The zero-order chi connectivity index (χ0) is 13.2. The van der Waals surface area contributed by atoms with Gasteiger partial charge in [-0.15, -0.1) is 11.8 Å². The van der Waals surface area contributed by atoms with Crippen LogP contribution in [0, 0.1) is 0 Å². The third-order valence-corrected chi connectivity index (χ3v) is 4.24. The lowest BCUT2D eigenvalue weighted by atomic mass is 10.0. The fraction of sp³-hybridized carbons (Fsp3) is 0.154. The molecular formula is C13H10ClN3OS. The fourth-order valence-electron chi connectivity index (χ4n) is 2.00. The molecule has 1 aliphatic rings. The number of anilines is 1. The van der Waals surface area contributed by atoms with Crippen molar-refractivity contribution in [1.29, 1.82) is 0 Å². The Hall–Kier alpha value is -1.59. The summed E-state index contributed by atoms with van der Waals surface area (Å²) in [6.07, 6.45) is 2.91. The van der Waals surface area contributed by atoms with Crippen LogP contribution in [-0.2, 0) is 4.79 Å². The molecule has 6 heteroatoms. The van der Waals surface area contributed by atoms with Crippen molar-refractivity contribution < 1.29 is 4.79 Å². The highest BCUT2D eigenvalue weighted by atomic mass is 35.5. The van der Waals surface area contributed by atoms with Crippen LogP contribution in [-0.4, -0.2) is 21.6 Å². The van der Waals surface area contributed by atoms with E-state index in [4.69, 9.17) is 11.6 Å². The molecule has 0 aliphatic carbocycles. The highest BCUT2D eigenvalue weighted by Crippen LogP contribution is 2.39. The number of fused-ring (bicyclic) bond motifs is 1.